The van der Waals surface area contributed by atoms with Crippen LogP contribution in [0.2, 0.25) is 0 Å². The van der Waals surface area contributed by atoms with Crippen molar-refractivity contribution in [2.24, 2.45) is 0 Å². The Labute approximate surface area is 193 Å². The molecule has 0 aromatic carbocycles. The van der Waals surface area contributed by atoms with E-state index < -0.39 is 11.1 Å². The van der Waals surface area contributed by atoms with Gasteiger partial charge in [0, 0.05) is 38.4 Å². The zero-order valence-corrected chi connectivity index (χ0v) is 18.3. The zero-order valence-electron chi connectivity index (χ0n) is 17.5. The maximum absolute atomic E-state index is 12.0. The molecule has 0 spiro atoms. The van der Waals surface area contributed by atoms with Crippen LogP contribution in [0.25, 0.3) is 6.08 Å². The molecule has 0 unspecified atom stereocenters. The summed E-state index contributed by atoms with van der Waals surface area (Å²) in [5, 5.41) is 1.85. The van der Waals surface area contributed by atoms with E-state index in [9.17, 15) is 9.59 Å². The van der Waals surface area contributed by atoms with Crippen LogP contribution in [0.1, 0.15) is 11.5 Å². The lowest BCUT2D eigenvalue weighted by molar-refractivity contribution is -0.115. The first-order valence-electron chi connectivity index (χ1n) is 10.3. The van der Waals surface area contributed by atoms with Crippen LogP contribution in [0.15, 0.2) is 58.3 Å². The maximum atomic E-state index is 12.0. The minimum Gasteiger partial charge on any atom is -0.469 e. The molecule has 2 amide bonds. The summed E-state index contributed by atoms with van der Waals surface area (Å²) >= 11 is 0.844. The van der Waals surface area contributed by atoms with Crippen molar-refractivity contribution in [3.8, 4) is 5.88 Å². The average molecular weight is 465 g/mol. The number of carbonyl (C=O) groups is 2. The molecule has 0 atom stereocenters. The van der Waals surface area contributed by atoms with Gasteiger partial charge in [-0.25, -0.2) is 4.98 Å². The third-order valence-electron chi connectivity index (χ3n) is 5.15. The number of ether oxygens (including phenoxy) is 1. The van der Waals surface area contributed by atoms with Gasteiger partial charge in [-0.3, -0.25) is 19.9 Å². The van der Waals surface area contributed by atoms with Crippen LogP contribution < -0.4 is 19.9 Å². The summed E-state index contributed by atoms with van der Waals surface area (Å²) < 4.78 is 11.2. The number of nitrogens with one attached hydrogen (secondary N) is 1. The lowest BCUT2D eigenvalue weighted by Gasteiger charge is -2.36. The molecule has 2 aliphatic rings. The van der Waals surface area contributed by atoms with E-state index in [1.54, 1.807) is 30.7 Å². The standard InChI is InChI=1S/C22H20N6O4S/c29-20-18(33-22(30)26-20)11-15-12-19(32-14-17-4-2-10-31-17)25-21(24-15)28-8-6-27(7-9-28)16-3-1-5-23-13-16/h1-5,10-13H,6-9,14H2,(H,26,29,30)/b18-11-. The average Bonchev–Trinajstić information content (AvgIpc) is 3.47. The first-order valence-corrected chi connectivity index (χ1v) is 11.1. The number of nitrogens with zero attached hydrogens (tertiary/aromatic N) is 5. The second-order valence-electron chi connectivity index (χ2n) is 7.34. The number of thioether (sulfide) groups is 1. The Morgan fingerprint density at radius 2 is 1.97 bits per heavy atom. The molecule has 2 fully saturated rings. The summed E-state index contributed by atoms with van der Waals surface area (Å²) in [7, 11) is 0. The molecule has 0 radical (unpaired) electrons. The zero-order chi connectivity index (χ0) is 22.6. The summed E-state index contributed by atoms with van der Waals surface area (Å²) in [5.74, 6) is 1.08. The predicted molar refractivity (Wildman–Crippen MR) is 123 cm³/mol. The molecule has 11 heteroatoms. The van der Waals surface area contributed by atoms with Gasteiger partial charge in [0.1, 0.15) is 12.4 Å². The monoisotopic (exact) mass is 464 g/mol. The number of furan rings is 1. The minimum absolute atomic E-state index is 0.210. The van der Waals surface area contributed by atoms with Crippen LogP contribution in [-0.2, 0) is 11.4 Å². The van der Waals surface area contributed by atoms with Crippen LogP contribution in [-0.4, -0.2) is 52.3 Å². The highest BCUT2D eigenvalue weighted by Crippen LogP contribution is 2.27. The highest BCUT2D eigenvalue weighted by atomic mass is 32.2. The molecule has 0 aliphatic carbocycles. The van der Waals surface area contributed by atoms with E-state index >= 15 is 0 Å². The van der Waals surface area contributed by atoms with Gasteiger partial charge in [0.05, 0.1) is 28.7 Å². The lowest BCUT2D eigenvalue weighted by Crippen LogP contribution is -2.47. The van der Waals surface area contributed by atoms with Crippen LogP contribution >= 0.6 is 11.8 Å². The van der Waals surface area contributed by atoms with E-state index in [0.29, 0.717) is 36.4 Å². The fraction of sp³-hybridized carbons (Fsp3) is 0.227. The molecule has 0 saturated carbocycles. The molecule has 10 nitrogen and oxygen atoms in total. The Balaban J connectivity index is 1.37. The normalized spacial score (nSPS) is 17.5. The Morgan fingerprint density at radius 3 is 2.67 bits per heavy atom. The maximum Gasteiger partial charge on any atom is 0.290 e. The largest absolute Gasteiger partial charge is 0.469 e. The molecular formula is C22H20N6O4S. The van der Waals surface area contributed by atoms with Crippen molar-refractivity contribution in [1.82, 2.24) is 20.3 Å². The van der Waals surface area contributed by atoms with Gasteiger partial charge in [0.25, 0.3) is 11.1 Å². The fourth-order valence-corrected chi connectivity index (χ4v) is 4.19. The summed E-state index contributed by atoms with van der Waals surface area (Å²) in [6, 6.07) is 9.20. The Bertz CT molecular complexity index is 1180. The van der Waals surface area contributed by atoms with Crippen molar-refractivity contribution in [2.45, 2.75) is 6.61 Å². The van der Waals surface area contributed by atoms with Crippen molar-refractivity contribution in [3.63, 3.8) is 0 Å². The summed E-state index contributed by atoms with van der Waals surface area (Å²) in [6.07, 6.45) is 6.76. The van der Waals surface area contributed by atoms with Crippen molar-refractivity contribution in [3.05, 3.63) is 65.3 Å². The van der Waals surface area contributed by atoms with Crippen molar-refractivity contribution < 1.29 is 18.7 Å². The minimum atomic E-state index is -0.437. The highest BCUT2D eigenvalue weighted by Gasteiger charge is 2.26. The van der Waals surface area contributed by atoms with E-state index in [1.807, 2.05) is 24.4 Å². The molecule has 5 rings (SSSR count). The summed E-state index contributed by atoms with van der Waals surface area (Å²) in [4.78, 5) is 41.5. The van der Waals surface area contributed by atoms with Gasteiger partial charge >= 0.3 is 0 Å². The molecular weight excluding hydrogens is 444 g/mol. The SMILES string of the molecule is O=C1NC(=O)/C(=C/c2cc(OCc3ccco3)nc(N3CCN(c4cccnc4)CC3)n2)S1. The first-order chi connectivity index (χ1) is 16.1. The number of imide groups is 1. The number of carbonyl (C=O) groups excluding carboxylic acids is 2. The van der Waals surface area contributed by atoms with E-state index in [2.05, 4.69) is 30.1 Å². The van der Waals surface area contributed by atoms with Gasteiger partial charge in [0.2, 0.25) is 11.8 Å². The third kappa shape index (κ3) is 4.98. The van der Waals surface area contributed by atoms with Crippen LogP contribution in [0.5, 0.6) is 5.88 Å². The number of aromatic nitrogens is 3. The van der Waals surface area contributed by atoms with Crippen molar-refractivity contribution in [2.75, 3.05) is 36.0 Å². The molecule has 5 heterocycles. The van der Waals surface area contributed by atoms with E-state index in [-0.39, 0.29) is 11.5 Å². The number of anilines is 2. The van der Waals surface area contributed by atoms with E-state index in [0.717, 1.165) is 30.5 Å². The molecule has 2 aliphatic heterocycles. The number of piperazine rings is 1. The van der Waals surface area contributed by atoms with Gasteiger partial charge in [-0.1, -0.05) is 0 Å². The number of hydrogen-bond acceptors (Lipinski definition) is 10. The molecule has 1 N–H and O–H groups in total. The van der Waals surface area contributed by atoms with Gasteiger partial charge in [-0.2, -0.15) is 4.98 Å². The van der Waals surface area contributed by atoms with Gasteiger partial charge in [-0.05, 0) is 42.1 Å². The molecule has 3 aromatic heterocycles. The van der Waals surface area contributed by atoms with E-state index in [4.69, 9.17) is 9.15 Å². The van der Waals surface area contributed by atoms with Gasteiger partial charge in [-0.15, -0.1) is 0 Å². The first kappa shape index (κ1) is 21.0. The van der Waals surface area contributed by atoms with Crippen LogP contribution in [0.4, 0.5) is 16.4 Å². The van der Waals surface area contributed by atoms with Crippen molar-refractivity contribution in [1.29, 1.82) is 0 Å². The van der Waals surface area contributed by atoms with Crippen LogP contribution in [0.3, 0.4) is 0 Å². The van der Waals surface area contributed by atoms with Crippen molar-refractivity contribution >= 4 is 40.6 Å². The van der Waals surface area contributed by atoms with Crippen LogP contribution in [0, 0.1) is 0 Å². The number of amides is 2. The second kappa shape index (κ2) is 9.33. The third-order valence-corrected chi connectivity index (χ3v) is 5.96. The Hall–Kier alpha value is -3.86. The molecule has 3 aromatic rings. The van der Waals surface area contributed by atoms with Gasteiger partial charge < -0.3 is 19.0 Å². The number of hydrogen-bond donors (Lipinski definition) is 1. The predicted octanol–water partition coefficient (Wildman–Crippen LogP) is 2.69. The highest BCUT2D eigenvalue weighted by molar-refractivity contribution is 8.18. The summed E-state index contributed by atoms with van der Waals surface area (Å²) in [5.41, 5.74) is 1.56. The Morgan fingerprint density at radius 1 is 1.12 bits per heavy atom. The molecule has 0 bridgehead atoms. The second-order valence-corrected chi connectivity index (χ2v) is 8.35. The lowest BCUT2D eigenvalue weighted by atomic mass is 10.3. The molecule has 33 heavy (non-hydrogen) atoms. The molecule has 2 saturated heterocycles. The molecule has 168 valence electrons. The number of rotatable bonds is 6. The topological polar surface area (TPSA) is 114 Å². The van der Waals surface area contributed by atoms with E-state index in [1.165, 1.54) is 0 Å². The Kier molecular flexibility index (Phi) is 5.94. The number of pyridine rings is 1. The fourth-order valence-electron chi connectivity index (χ4n) is 3.52. The summed E-state index contributed by atoms with van der Waals surface area (Å²) in [6.45, 7) is 3.20. The van der Waals surface area contributed by atoms with Gasteiger partial charge in [0.15, 0.2) is 0 Å². The quantitative estimate of drug-likeness (QED) is 0.546. The smallest absolute Gasteiger partial charge is 0.290 e.